The number of rotatable bonds is 2. The number of carboxylic acids is 1. The monoisotopic (exact) mass is 267 g/mol. The van der Waals surface area contributed by atoms with Crippen molar-refractivity contribution in [2.75, 3.05) is 6.61 Å². The molecule has 0 saturated heterocycles. The van der Waals surface area contributed by atoms with E-state index in [-0.39, 0.29) is 5.56 Å². The van der Waals surface area contributed by atoms with E-state index >= 15 is 0 Å². The number of carboxylic acid groups (broad SMARTS) is 1. The fourth-order valence-corrected chi connectivity index (χ4v) is 2.13. The first-order valence-corrected chi connectivity index (χ1v) is 6.28. The van der Waals surface area contributed by atoms with E-state index in [1.807, 2.05) is 31.2 Å². The minimum atomic E-state index is -0.944. The molecule has 0 bridgehead atoms. The highest BCUT2D eigenvalue weighted by molar-refractivity contribution is 6.05. The second-order valence-electron chi connectivity index (χ2n) is 4.70. The summed E-state index contributed by atoms with van der Waals surface area (Å²) in [6, 6.07) is 12.6. The fourth-order valence-electron chi connectivity index (χ4n) is 2.13. The third-order valence-corrected chi connectivity index (χ3v) is 3.18. The summed E-state index contributed by atoms with van der Waals surface area (Å²) in [6.45, 7) is 2.35. The van der Waals surface area contributed by atoms with E-state index in [0.717, 1.165) is 28.3 Å². The van der Waals surface area contributed by atoms with E-state index in [4.69, 9.17) is 9.84 Å². The SMILES string of the molecule is Cc1ccc2c(c1)OCC(c1cccc(C(=O)O)c1)=N2. The minimum Gasteiger partial charge on any atom is -0.485 e. The maximum atomic E-state index is 11.0. The minimum absolute atomic E-state index is 0.250. The lowest BCUT2D eigenvalue weighted by atomic mass is 10.1. The van der Waals surface area contributed by atoms with Gasteiger partial charge in [0, 0.05) is 5.56 Å². The molecular weight excluding hydrogens is 254 g/mol. The summed E-state index contributed by atoms with van der Waals surface area (Å²) in [7, 11) is 0. The largest absolute Gasteiger partial charge is 0.485 e. The van der Waals surface area contributed by atoms with Crippen LogP contribution in [0, 0.1) is 6.92 Å². The van der Waals surface area contributed by atoms with Crippen molar-refractivity contribution in [3.63, 3.8) is 0 Å². The van der Waals surface area contributed by atoms with Gasteiger partial charge in [-0.15, -0.1) is 0 Å². The summed E-state index contributed by atoms with van der Waals surface area (Å²) in [6.07, 6.45) is 0. The number of carbonyl (C=O) groups is 1. The summed E-state index contributed by atoms with van der Waals surface area (Å²) in [4.78, 5) is 15.6. The highest BCUT2D eigenvalue weighted by Gasteiger charge is 2.15. The molecule has 3 rings (SSSR count). The van der Waals surface area contributed by atoms with Crippen LogP contribution in [0.3, 0.4) is 0 Å². The Labute approximate surface area is 116 Å². The van der Waals surface area contributed by atoms with Gasteiger partial charge in [-0.3, -0.25) is 0 Å². The van der Waals surface area contributed by atoms with Crippen LogP contribution in [-0.4, -0.2) is 23.4 Å². The van der Waals surface area contributed by atoms with Crippen LogP contribution in [0.15, 0.2) is 47.5 Å². The van der Waals surface area contributed by atoms with Gasteiger partial charge in [0.25, 0.3) is 0 Å². The molecule has 0 spiro atoms. The zero-order valence-electron chi connectivity index (χ0n) is 11.0. The topological polar surface area (TPSA) is 58.9 Å². The number of ether oxygens (including phenoxy) is 1. The van der Waals surface area contributed by atoms with Crippen molar-refractivity contribution in [3.05, 3.63) is 59.2 Å². The standard InChI is InChI=1S/C16H13NO3/c1-10-5-6-13-15(7-10)20-9-14(17-13)11-3-2-4-12(8-11)16(18)19/h2-8H,9H2,1H3,(H,18,19). The van der Waals surface area contributed by atoms with Gasteiger partial charge in [0.1, 0.15) is 18.0 Å². The highest BCUT2D eigenvalue weighted by atomic mass is 16.5. The first-order chi connectivity index (χ1) is 9.63. The third kappa shape index (κ3) is 2.28. The molecule has 1 N–H and O–H groups in total. The molecule has 0 atom stereocenters. The number of hydrogen-bond acceptors (Lipinski definition) is 3. The summed E-state index contributed by atoms with van der Waals surface area (Å²) in [5.41, 5.74) is 3.66. The predicted molar refractivity (Wildman–Crippen MR) is 76.3 cm³/mol. The first-order valence-electron chi connectivity index (χ1n) is 6.28. The van der Waals surface area contributed by atoms with Crippen molar-refractivity contribution in [3.8, 4) is 5.75 Å². The second-order valence-corrected chi connectivity index (χ2v) is 4.70. The van der Waals surface area contributed by atoms with Crippen molar-refractivity contribution in [2.45, 2.75) is 6.92 Å². The lowest BCUT2D eigenvalue weighted by Crippen LogP contribution is -2.16. The Hall–Kier alpha value is -2.62. The highest BCUT2D eigenvalue weighted by Crippen LogP contribution is 2.32. The van der Waals surface area contributed by atoms with Crippen LogP contribution in [0.5, 0.6) is 5.75 Å². The molecule has 0 fully saturated rings. The average Bonchev–Trinajstić information content (AvgIpc) is 2.47. The Bertz CT molecular complexity index is 719. The van der Waals surface area contributed by atoms with Crippen LogP contribution in [0.4, 0.5) is 5.69 Å². The van der Waals surface area contributed by atoms with Crippen LogP contribution < -0.4 is 4.74 Å². The van der Waals surface area contributed by atoms with Crippen LogP contribution in [-0.2, 0) is 0 Å². The molecule has 0 aromatic heterocycles. The fraction of sp³-hybridized carbons (Fsp3) is 0.125. The van der Waals surface area contributed by atoms with E-state index in [2.05, 4.69) is 4.99 Å². The van der Waals surface area contributed by atoms with Gasteiger partial charge in [0.2, 0.25) is 0 Å². The summed E-state index contributed by atoms with van der Waals surface area (Å²) in [5.74, 6) is -0.177. The number of aryl methyl sites for hydroxylation is 1. The van der Waals surface area contributed by atoms with E-state index in [9.17, 15) is 4.79 Å². The Morgan fingerprint density at radius 3 is 2.90 bits per heavy atom. The van der Waals surface area contributed by atoms with E-state index in [1.54, 1.807) is 18.2 Å². The Kier molecular flexibility index (Phi) is 2.99. The summed E-state index contributed by atoms with van der Waals surface area (Å²) in [5, 5.41) is 9.02. The molecule has 4 nitrogen and oxygen atoms in total. The van der Waals surface area contributed by atoms with Crippen molar-refractivity contribution in [1.82, 2.24) is 0 Å². The van der Waals surface area contributed by atoms with E-state index in [1.165, 1.54) is 0 Å². The third-order valence-electron chi connectivity index (χ3n) is 3.18. The van der Waals surface area contributed by atoms with Gasteiger partial charge < -0.3 is 9.84 Å². The van der Waals surface area contributed by atoms with Gasteiger partial charge in [-0.2, -0.15) is 0 Å². The molecule has 0 amide bonds. The van der Waals surface area contributed by atoms with Gasteiger partial charge in [-0.1, -0.05) is 18.2 Å². The average molecular weight is 267 g/mol. The quantitative estimate of drug-likeness (QED) is 0.908. The van der Waals surface area contributed by atoms with Gasteiger partial charge in [0.05, 0.1) is 11.3 Å². The predicted octanol–water partition coefficient (Wildman–Crippen LogP) is 3.21. The molecular formula is C16H13NO3. The lowest BCUT2D eigenvalue weighted by molar-refractivity contribution is 0.0697. The zero-order valence-corrected chi connectivity index (χ0v) is 11.0. The van der Waals surface area contributed by atoms with Crippen molar-refractivity contribution in [2.24, 2.45) is 4.99 Å². The molecule has 1 aliphatic rings. The molecule has 0 saturated carbocycles. The van der Waals surface area contributed by atoms with Crippen molar-refractivity contribution < 1.29 is 14.6 Å². The molecule has 2 aromatic rings. The molecule has 100 valence electrons. The maximum Gasteiger partial charge on any atom is 0.335 e. The number of fused-ring (bicyclic) bond motifs is 1. The Morgan fingerprint density at radius 1 is 1.25 bits per heavy atom. The van der Waals surface area contributed by atoms with Crippen LogP contribution in [0.25, 0.3) is 0 Å². The Balaban J connectivity index is 2.01. The van der Waals surface area contributed by atoms with Crippen molar-refractivity contribution in [1.29, 1.82) is 0 Å². The first kappa shape index (κ1) is 12.4. The van der Waals surface area contributed by atoms with Gasteiger partial charge in [-0.25, -0.2) is 9.79 Å². The number of aromatic carboxylic acids is 1. The molecule has 20 heavy (non-hydrogen) atoms. The normalized spacial score (nSPS) is 13.2. The number of hydrogen-bond donors (Lipinski definition) is 1. The van der Waals surface area contributed by atoms with Gasteiger partial charge in [0.15, 0.2) is 0 Å². The Morgan fingerprint density at radius 2 is 2.10 bits per heavy atom. The lowest BCUT2D eigenvalue weighted by Gasteiger charge is -2.17. The summed E-state index contributed by atoms with van der Waals surface area (Å²) >= 11 is 0. The van der Waals surface area contributed by atoms with Gasteiger partial charge >= 0.3 is 5.97 Å². The van der Waals surface area contributed by atoms with Crippen LogP contribution in [0.1, 0.15) is 21.5 Å². The van der Waals surface area contributed by atoms with E-state index < -0.39 is 5.97 Å². The van der Waals surface area contributed by atoms with Gasteiger partial charge in [-0.05, 0) is 36.8 Å². The molecule has 1 aliphatic heterocycles. The maximum absolute atomic E-state index is 11.0. The number of benzene rings is 2. The van der Waals surface area contributed by atoms with Crippen LogP contribution >= 0.6 is 0 Å². The molecule has 0 aliphatic carbocycles. The smallest absolute Gasteiger partial charge is 0.335 e. The number of nitrogens with zero attached hydrogens (tertiary/aromatic N) is 1. The molecule has 2 aromatic carbocycles. The molecule has 1 heterocycles. The van der Waals surface area contributed by atoms with Crippen molar-refractivity contribution >= 4 is 17.4 Å². The van der Waals surface area contributed by atoms with E-state index in [0.29, 0.717) is 6.61 Å². The number of aliphatic imine (C=N–C) groups is 1. The molecule has 0 radical (unpaired) electrons. The zero-order chi connectivity index (χ0) is 14.1. The molecule has 0 unspecified atom stereocenters. The summed E-state index contributed by atoms with van der Waals surface area (Å²) < 4.78 is 5.69. The second kappa shape index (κ2) is 4.81. The molecule has 4 heteroatoms. The van der Waals surface area contributed by atoms with Crippen LogP contribution in [0.2, 0.25) is 0 Å².